The average Bonchev–Trinajstić information content (AvgIpc) is 2.58. The van der Waals surface area contributed by atoms with Gasteiger partial charge in [-0.15, -0.1) is 0 Å². The van der Waals surface area contributed by atoms with E-state index in [1.165, 1.54) is 6.92 Å². The Hall–Kier alpha value is -2.10. The summed E-state index contributed by atoms with van der Waals surface area (Å²) in [6, 6.07) is 1.99. The molecule has 1 rings (SSSR count). The molecule has 2 unspecified atom stereocenters. The van der Waals surface area contributed by atoms with Gasteiger partial charge in [0.25, 0.3) is 0 Å². The van der Waals surface area contributed by atoms with Crippen molar-refractivity contribution in [3.8, 4) is 0 Å². The zero-order valence-corrected chi connectivity index (χ0v) is 17.1. The van der Waals surface area contributed by atoms with E-state index >= 15 is 0 Å². The molecule has 0 aliphatic heterocycles. The van der Waals surface area contributed by atoms with Gasteiger partial charge in [0.15, 0.2) is 0 Å². The molecule has 0 aliphatic carbocycles. The smallest absolute Gasteiger partial charge is 0.343 e. The van der Waals surface area contributed by atoms with Gasteiger partial charge in [0.2, 0.25) is 5.91 Å². The van der Waals surface area contributed by atoms with E-state index in [0.717, 1.165) is 24.3 Å². The number of hydrogen-bond donors (Lipinski definition) is 4. The molecular weight excluding hydrogens is 414 g/mol. The summed E-state index contributed by atoms with van der Waals surface area (Å²) in [4.78, 5) is 34.0. The Balaban J connectivity index is 2.73. The van der Waals surface area contributed by atoms with Crippen molar-refractivity contribution in [3.05, 3.63) is 29.8 Å². The molecule has 2 atom stereocenters. The van der Waals surface area contributed by atoms with E-state index in [0.29, 0.717) is 0 Å². The van der Waals surface area contributed by atoms with Crippen LogP contribution in [0.15, 0.2) is 24.3 Å². The number of carbonyl (C=O) groups excluding carboxylic acids is 2. The average molecular weight is 439 g/mol. The SMILES string of the molecule is CCOP(=O)(O)CNC(=O)C(CC(C)C)NC(=O)Nc1ccc(C(F)(F)F)cc1. The van der Waals surface area contributed by atoms with Gasteiger partial charge in [-0.05, 0) is 43.5 Å². The van der Waals surface area contributed by atoms with Crippen molar-refractivity contribution < 1.29 is 36.7 Å². The Kier molecular flexibility index (Phi) is 9.13. The molecule has 0 aromatic heterocycles. The first kappa shape index (κ1) is 24.9. The topological polar surface area (TPSA) is 117 Å². The number of urea groups is 1. The third-order valence-electron chi connectivity index (χ3n) is 3.58. The highest BCUT2D eigenvalue weighted by atomic mass is 31.2. The molecule has 8 nitrogen and oxygen atoms in total. The number of anilines is 1. The first-order chi connectivity index (χ1) is 13.3. The summed E-state index contributed by atoms with van der Waals surface area (Å²) in [7, 11) is -3.98. The minimum atomic E-state index is -4.49. The molecular formula is C17H25F3N3O5P. The Morgan fingerprint density at radius 2 is 1.79 bits per heavy atom. The number of amides is 3. The molecule has 29 heavy (non-hydrogen) atoms. The molecule has 1 aromatic rings. The normalized spacial score (nSPS) is 14.8. The van der Waals surface area contributed by atoms with E-state index in [1.807, 2.05) is 13.8 Å². The first-order valence-electron chi connectivity index (χ1n) is 8.83. The fraction of sp³-hybridized carbons (Fsp3) is 0.529. The highest BCUT2D eigenvalue weighted by Crippen LogP contribution is 2.39. The summed E-state index contributed by atoms with van der Waals surface area (Å²) in [5, 5.41) is 7.02. The minimum Gasteiger partial charge on any atom is -0.343 e. The van der Waals surface area contributed by atoms with Crippen LogP contribution in [0.5, 0.6) is 0 Å². The van der Waals surface area contributed by atoms with Gasteiger partial charge in [0, 0.05) is 5.69 Å². The van der Waals surface area contributed by atoms with Crippen LogP contribution in [0.1, 0.15) is 32.8 Å². The second kappa shape index (κ2) is 10.6. The van der Waals surface area contributed by atoms with E-state index in [1.54, 1.807) is 0 Å². The molecule has 164 valence electrons. The largest absolute Gasteiger partial charge is 0.416 e. The van der Waals surface area contributed by atoms with Gasteiger partial charge in [-0.1, -0.05) is 13.8 Å². The summed E-state index contributed by atoms with van der Waals surface area (Å²) in [6.45, 7) is 5.14. The van der Waals surface area contributed by atoms with Crippen molar-refractivity contribution in [1.82, 2.24) is 10.6 Å². The van der Waals surface area contributed by atoms with E-state index in [9.17, 15) is 32.2 Å². The van der Waals surface area contributed by atoms with Crippen molar-refractivity contribution >= 4 is 25.2 Å². The van der Waals surface area contributed by atoms with Gasteiger partial charge >= 0.3 is 19.8 Å². The molecule has 0 saturated heterocycles. The maximum atomic E-state index is 12.6. The van der Waals surface area contributed by atoms with Crippen LogP contribution in [0.25, 0.3) is 0 Å². The number of rotatable bonds is 9. The monoisotopic (exact) mass is 439 g/mol. The van der Waals surface area contributed by atoms with Crippen LogP contribution in [-0.4, -0.2) is 35.8 Å². The summed E-state index contributed by atoms with van der Waals surface area (Å²) < 4.78 is 54.0. The van der Waals surface area contributed by atoms with Crippen LogP contribution in [0.2, 0.25) is 0 Å². The quantitative estimate of drug-likeness (QED) is 0.439. The number of halogens is 3. The van der Waals surface area contributed by atoms with E-state index in [2.05, 4.69) is 20.5 Å². The summed E-state index contributed by atoms with van der Waals surface area (Å²) in [6.07, 6.45) is -4.87. The Bertz CT molecular complexity index is 741. The lowest BCUT2D eigenvalue weighted by molar-refractivity contribution is -0.137. The van der Waals surface area contributed by atoms with Crippen LogP contribution in [0.3, 0.4) is 0 Å². The lowest BCUT2D eigenvalue weighted by Crippen LogP contribution is -2.48. The van der Waals surface area contributed by atoms with Gasteiger partial charge in [-0.25, -0.2) is 4.79 Å². The van der Waals surface area contributed by atoms with Crippen molar-refractivity contribution in [2.45, 2.75) is 39.4 Å². The maximum absolute atomic E-state index is 12.6. The molecule has 3 amide bonds. The molecule has 0 saturated carbocycles. The van der Waals surface area contributed by atoms with Crippen molar-refractivity contribution in [1.29, 1.82) is 0 Å². The van der Waals surface area contributed by atoms with Gasteiger partial charge in [-0.2, -0.15) is 13.2 Å². The lowest BCUT2D eigenvalue weighted by Gasteiger charge is -2.21. The Labute approximate surface area is 166 Å². The summed E-state index contributed by atoms with van der Waals surface area (Å²) in [5.74, 6) is -0.680. The van der Waals surface area contributed by atoms with Gasteiger partial charge in [-0.3, -0.25) is 9.36 Å². The van der Waals surface area contributed by atoms with Gasteiger partial charge in [0.05, 0.1) is 12.2 Å². The number of benzene rings is 1. The molecule has 0 radical (unpaired) electrons. The predicted molar refractivity (Wildman–Crippen MR) is 101 cm³/mol. The van der Waals surface area contributed by atoms with Crippen molar-refractivity contribution in [2.24, 2.45) is 5.92 Å². The standard InChI is InChI=1S/C17H25F3N3O5P/c1-4-28-29(26,27)10-21-15(24)14(9-11(2)3)23-16(25)22-13-7-5-12(6-8-13)17(18,19)20/h5-8,11,14H,4,9-10H2,1-3H3,(H,21,24)(H,26,27)(H2,22,23,25). The first-order valence-corrected chi connectivity index (χ1v) is 10.6. The lowest BCUT2D eigenvalue weighted by atomic mass is 10.0. The van der Waals surface area contributed by atoms with E-state index in [4.69, 9.17) is 0 Å². The van der Waals surface area contributed by atoms with Gasteiger partial charge in [0.1, 0.15) is 12.3 Å². The zero-order valence-electron chi connectivity index (χ0n) is 16.2. The molecule has 0 aliphatic rings. The van der Waals surface area contributed by atoms with Gasteiger partial charge < -0.3 is 25.4 Å². The van der Waals surface area contributed by atoms with Crippen molar-refractivity contribution in [3.63, 3.8) is 0 Å². The van der Waals surface area contributed by atoms with Crippen molar-refractivity contribution in [2.75, 3.05) is 18.2 Å². The number of carbonyl (C=O) groups is 2. The second-order valence-electron chi connectivity index (χ2n) is 6.61. The van der Waals surface area contributed by atoms with E-state index < -0.39 is 43.6 Å². The highest BCUT2D eigenvalue weighted by Gasteiger charge is 2.30. The van der Waals surface area contributed by atoms with E-state index in [-0.39, 0.29) is 24.6 Å². The summed E-state index contributed by atoms with van der Waals surface area (Å²) >= 11 is 0. The number of alkyl halides is 3. The fourth-order valence-electron chi connectivity index (χ4n) is 2.32. The molecule has 0 spiro atoms. The summed E-state index contributed by atoms with van der Waals surface area (Å²) in [5.41, 5.74) is -0.751. The predicted octanol–water partition coefficient (Wildman–Crippen LogP) is 3.54. The third-order valence-corrected chi connectivity index (χ3v) is 4.80. The molecule has 0 bridgehead atoms. The second-order valence-corrected chi connectivity index (χ2v) is 8.46. The minimum absolute atomic E-state index is 0.00458. The van der Waals surface area contributed by atoms with Crippen LogP contribution < -0.4 is 16.0 Å². The number of nitrogens with one attached hydrogen (secondary N) is 3. The van der Waals surface area contributed by atoms with Crippen LogP contribution >= 0.6 is 7.60 Å². The maximum Gasteiger partial charge on any atom is 0.416 e. The molecule has 0 fully saturated rings. The molecule has 1 aromatic carbocycles. The third kappa shape index (κ3) is 9.29. The van der Waals surface area contributed by atoms with Crippen LogP contribution in [-0.2, 0) is 20.1 Å². The Morgan fingerprint density at radius 3 is 2.28 bits per heavy atom. The highest BCUT2D eigenvalue weighted by molar-refractivity contribution is 7.52. The van der Waals surface area contributed by atoms with Crippen LogP contribution in [0, 0.1) is 5.92 Å². The zero-order chi connectivity index (χ0) is 22.2. The molecule has 12 heteroatoms. The van der Waals surface area contributed by atoms with Crippen LogP contribution in [0.4, 0.5) is 23.7 Å². The Morgan fingerprint density at radius 1 is 1.21 bits per heavy atom. The molecule has 0 heterocycles. The number of hydrogen-bond acceptors (Lipinski definition) is 4. The molecule has 4 N–H and O–H groups in total. The fourth-order valence-corrected chi connectivity index (χ4v) is 3.17.